The van der Waals surface area contributed by atoms with Gasteiger partial charge in [-0.25, -0.2) is 19.6 Å². The summed E-state index contributed by atoms with van der Waals surface area (Å²) in [5.41, 5.74) is 5.13. The average Bonchev–Trinajstić information content (AvgIpc) is 3.41. The van der Waals surface area contributed by atoms with E-state index in [9.17, 15) is 0 Å². The molecule has 0 aliphatic carbocycles. The summed E-state index contributed by atoms with van der Waals surface area (Å²) >= 11 is 1.66. The molecule has 0 unspecified atom stereocenters. The summed E-state index contributed by atoms with van der Waals surface area (Å²) in [7, 11) is 0. The Bertz CT molecular complexity index is 1270. The van der Waals surface area contributed by atoms with Gasteiger partial charge in [-0.3, -0.25) is 0 Å². The van der Waals surface area contributed by atoms with Crippen LogP contribution in [0.15, 0.2) is 72.5 Å². The third-order valence-corrected chi connectivity index (χ3v) is 5.66. The van der Waals surface area contributed by atoms with Crippen LogP contribution < -0.4 is 5.32 Å². The molecular formula is C22H18N6S. The molecule has 3 aromatic heterocycles. The monoisotopic (exact) mass is 398 g/mol. The topological polar surface area (TPSA) is 68.5 Å². The molecule has 0 aliphatic rings. The number of aromatic nitrogens is 5. The Labute approximate surface area is 171 Å². The molecule has 0 saturated carbocycles. The van der Waals surface area contributed by atoms with E-state index in [1.165, 1.54) is 11.1 Å². The molecule has 1 N–H and O–H groups in total. The maximum absolute atomic E-state index is 4.78. The second-order valence-electron chi connectivity index (χ2n) is 6.66. The van der Waals surface area contributed by atoms with Gasteiger partial charge in [-0.1, -0.05) is 42.5 Å². The van der Waals surface area contributed by atoms with Gasteiger partial charge in [0.1, 0.15) is 17.2 Å². The van der Waals surface area contributed by atoms with Crippen molar-refractivity contribution < 1.29 is 0 Å². The maximum atomic E-state index is 4.78. The van der Waals surface area contributed by atoms with Crippen molar-refractivity contribution in [2.24, 2.45) is 0 Å². The number of nitrogens with one attached hydrogen (secondary N) is 1. The lowest BCUT2D eigenvalue weighted by molar-refractivity contribution is 0.895. The van der Waals surface area contributed by atoms with E-state index in [-0.39, 0.29) is 0 Å². The van der Waals surface area contributed by atoms with Crippen LogP contribution in [0.1, 0.15) is 11.3 Å². The van der Waals surface area contributed by atoms with Crippen LogP contribution in [-0.4, -0.2) is 24.7 Å². The van der Waals surface area contributed by atoms with E-state index < -0.39 is 0 Å². The summed E-state index contributed by atoms with van der Waals surface area (Å²) in [4.78, 5) is 13.6. The van der Waals surface area contributed by atoms with Crippen molar-refractivity contribution in [3.05, 3.63) is 83.8 Å². The highest BCUT2D eigenvalue weighted by Crippen LogP contribution is 2.27. The van der Waals surface area contributed by atoms with Crippen molar-refractivity contribution in [1.82, 2.24) is 24.7 Å². The number of rotatable bonds is 5. The fourth-order valence-corrected chi connectivity index (χ4v) is 4.15. The Kier molecular flexibility index (Phi) is 4.50. The Balaban J connectivity index is 1.39. The van der Waals surface area contributed by atoms with Crippen molar-refractivity contribution in [3.8, 4) is 16.3 Å². The van der Waals surface area contributed by atoms with Crippen LogP contribution in [0.25, 0.3) is 27.3 Å². The number of anilines is 1. The molecule has 0 atom stereocenters. The van der Waals surface area contributed by atoms with Crippen LogP contribution in [0.2, 0.25) is 0 Å². The molecular weight excluding hydrogens is 380 g/mol. The van der Waals surface area contributed by atoms with E-state index in [0.29, 0.717) is 6.54 Å². The zero-order chi connectivity index (χ0) is 19.6. The van der Waals surface area contributed by atoms with Crippen LogP contribution in [0, 0.1) is 6.92 Å². The number of fused-ring (bicyclic) bond motifs is 1. The van der Waals surface area contributed by atoms with Gasteiger partial charge in [0.25, 0.3) is 0 Å². The number of aryl methyl sites for hydroxylation is 1. The quantitative estimate of drug-likeness (QED) is 0.458. The van der Waals surface area contributed by atoms with Crippen molar-refractivity contribution in [3.63, 3.8) is 0 Å². The SMILES string of the molecule is Cc1ccccc1-c1nc(CNc2ncnc3c2cnn3-c2ccccc2)cs1. The Hall–Kier alpha value is -3.58. The molecule has 0 radical (unpaired) electrons. The van der Waals surface area contributed by atoms with Gasteiger partial charge in [0, 0.05) is 10.9 Å². The van der Waals surface area contributed by atoms with Gasteiger partial charge in [-0.15, -0.1) is 11.3 Å². The number of hydrogen-bond acceptors (Lipinski definition) is 6. The van der Waals surface area contributed by atoms with Gasteiger partial charge in [0.15, 0.2) is 5.65 Å². The van der Waals surface area contributed by atoms with Gasteiger partial charge in [-0.05, 0) is 24.6 Å². The summed E-state index contributed by atoms with van der Waals surface area (Å²) < 4.78 is 1.82. The second kappa shape index (κ2) is 7.44. The molecule has 0 aliphatic heterocycles. The zero-order valence-electron chi connectivity index (χ0n) is 15.8. The highest BCUT2D eigenvalue weighted by molar-refractivity contribution is 7.13. The van der Waals surface area contributed by atoms with E-state index in [4.69, 9.17) is 4.98 Å². The van der Waals surface area contributed by atoms with Crippen molar-refractivity contribution in [2.75, 3.05) is 5.32 Å². The van der Waals surface area contributed by atoms with E-state index in [2.05, 4.69) is 44.8 Å². The summed E-state index contributed by atoms with van der Waals surface area (Å²) in [5, 5.41) is 11.9. The molecule has 3 heterocycles. The lowest BCUT2D eigenvalue weighted by Gasteiger charge is -2.06. The fraction of sp³-hybridized carbons (Fsp3) is 0.0909. The molecule has 0 amide bonds. The molecule has 6 nitrogen and oxygen atoms in total. The van der Waals surface area contributed by atoms with Crippen LogP contribution in [0.5, 0.6) is 0 Å². The van der Waals surface area contributed by atoms with Gasteiger partial charge in [0.05, 0.1) is 29.5 Å². The molecule has 0 fully saturated rings. The smallest absolute Gasteiger partial charge is 0.168 e. The first-order valence-corrected chi connectivity index (χ1v) is 10.2. The minimum absolute atomic E-state index is 0.588. The Morgan fingerprint density at radius 3 is 2.69 bits per heavy atom. The second-order valence-corrected chi connectivity index (χ2v) is 7.52. The molecule has 0 spiro atoms. The average molecular weight is 398 g/mol. The minimum atomic E-state index is 0.588. The lowest BCUT2D eigenvalue weighted by Crippen LogP contribution is -2.03. The number of benzene rings is 2. The number of hydrogen-bond donors (Lipinski definition) is 1. The standard InChI is InChI=1S/C22H18N6S/c1-15-7-5-6-10-18(15)22-27-16(13-29-22)11-23-20-19-12-26-28(21(19)25-14-24-20)17-8-3-2-4-9-17/h2-10,12-14H,11H2,1H3,(H,23,24,25). The molecule has 2 aromatic carbocycles. The van der Waals surface area contributed by atoms with Crippen LogP contribution >= 0.6 is 11.3 Å². The van der Waals surface area contributed by atoms with Crippen molar-refractivity contribution in [1.29, 1.82) is 0 Å². The Morgan fingerprint density at radius 1 is 1.00 bits per heavy atom. The van der Waals surface area contributed by atoms with Gasteiger partial charge in [0.2, 0.25) is 0 Å². The maximum Gasteiger partial charge on any atom is 0.168 e. The van der Waals surface area contributed by atoms with Crippen molar-refractivity contribution >= 4 is 28.2 Å². The van der Waals surface area contributed by atoms with E-state index >= 15 is 0 Å². The predicted octanol–water partition coefficient (Wildman–Crippen LogP) is 4.86. The molecule has 0 saturated heterocycles. The first-order valence-electron chi connectivity index (χ1n) is 9.28. The lowest BCUT2D eigenvalue weighted by atomic mass is 10.1. The van der Waals surface area contributed by atoms with Crippen LogP contribution in [-0.2, 0) is 6.54 Å². The van der Waals surface area contributed by atoms with Gasteiger partial charge in [-0.2, -0.15) is 5.10 Å². The van der Waals surface area contributed by atoms with E-state index in [0.717, 1.165) is 33.2 Å². The van der Waals surface area contributed by atoms with Crippen LogP contribution in [0.4, 0.5) is 5.82 Å². The molecule has 5 rings (SSSR count). The minimum Gasteiger partial charge on any atom is -0.364 e. The molecule has 142 valence electrons. The summed E-state index contributed by atoms with van der Waals surface area (Å²) in [6, 6.07) is 18.3. The number of para-hydroxylation sites is 1. The molecule has 5 aromatic rings. The first kappa shape index (κ1) is 17.5. The number of nitrogens with zero attached hydrogens (tertiary/aromatic N) is 5. The fourth-order valence-electron chi connectivity index (χ4n) is 3.24. The third-order valence-electron chi connectivity index (χ3n) is 4.73. The zero-order valence-corrected chi connectivity index (χ0v) is 16.6. The predicted molar refractivity (Wildman–Crippen MR) is 116 cm³/mol. The van der Waals surface area contributed by atoms with E-state index in [1.807, 2.05) is 47.1 Å². The molecule has 29 heavy (non-hydrogen) atoms. The summed E-state index contributed by atoms with van der Waals surface area (Å²) in [5.74, 6) is 0.752. The summed E-state index contributed by atoms with van der Waals surface area (Å²) in [6.45, 7) is 2.70. The third kappa shape index (κ3) is 3.36. The van der Waals surface area contributed by atoms with Crippen molar-refractivity contribution in [2.45, 2.75) is 13.5 Å². The summed E-state index contributed by atoms with van der Waals surface area (Å²) in [6.07, 6.45) is 3.36. The number of thiazole rings is 1. The first-order chi connectivity index (χ1) is 14.3. The molecule has 7 heteroatoms. The highest BCUT2D eigenvalue weighted by Gasteiger charge is 2.12. The van der Waals surface area contributed by atoms with Gasteiger partial charge < -0.3 is 5.32 Å². The normalized spacial score (nSPS) is 11.1. The van der Waals surface area contributed by atoms with E-state index in [1.54, 1.807) is 23.9 Å². The largest absolute Gasteiger partial charge is 0.364 e. The van der Waals surface area contributed by atoms with Crippen LogP contribution in [0.3, 0.4) is 0 Å². The van der Waals surface area contributed by atoms with Gasteiger partial charge >= 0.3 is 0 Å². The highest BCUT2D eigenvalue weighted by atomic mass is 32.1. The Morgan fingerprint density at radius 2 is 1.83 bits per heavy atom. The molecule has 0 bridgehead atoms.